The number of rotatable bonds is 0. The fraction of sp³-hybridized carbons (Fsp3) is 0.600. The van der Waals surface area contributed by atoms with E-state index in [-0.39, 0.29) is 0 Å². The fourth-order valence-electron chi connectivity index (χ4n) is 2.91. The van der Waals surface area contributed by atoms with E-state index >= 15 is 0 Å². The van der Waals surface area contributed by atoms with E-state index in [2.05, 4.69) is 33.8 Å². The molecule has 0 nitrogen and oxygen atoms in total. The maximum absolute atomic E-state index is 2.42. The van der Waals surface area contributed by atoms with Gasteiger partial charge in [0.1, 0.15) is 0 Å². The minimum atomic E-state index is 0.812. The zero-order valence-corrected chi connectivity index (χ0v) is 10.5. The van der Waals surface area contributed by atoms with E-state index in [1.807, 2.05) is 0 Å². The van der Waals surface area contributed by atoms with Crippen molar-refractivity contribution in [2.75, 3.05) is 0 Å². The summed E-state index contributed by atoms with van der Waals surface area (Å²) in [5.74, 6) is 0.812. The van der Waals surface area contributed by atoms with Gasteiger partial charge in [-0.1, -0.05) is 29.7 Å². The first-order chi connectivity index (χ1) is 7.09. The molecule has 0 heterocycles. The second-order valence-electron chi connectivity index (χ2n) is 5.35. The van der Waals surface area contributed by atoms with Gasteiger partial charge in [0.05, 0.1) is 0 Å². The second kappa shape index (κ2) is 4.00. The van der Waals surface area contributed by atoms with E-state index in [0.29, 0.717) is 0 Å². The van der Waals surface area contributed by atoms with E-state index in [1.54, 1.807) is 22.3 Å². The van der Waals surface area contributed by atoms with Gasteiger partial charge in [0.15, 0.2) is 0 Å². The van der Waals surface area contributed by atoms with Crippen molar-refractivity contribution in [1.82, 2.24) is 0 Å². The van der Waals surface area contributed by atoms with Crippen molar-refractivity contribution < 1.29 is 0 Å². The van der Waals surface area contributed by atoms with E-state index in [0.717, 1.165) is 5.92 Å². The Bertz CT molecular complexity index is 359. The third-order valence-electron chi connectivity index (χ3n) is 3.90. The van der Waals surface area contributed by atoms with Crippen LogP contribution in [0.3, 0.4) is 0 Å². The highest BCUT2D eigenvalue weighted by atomic mass is 14.3. The molecule has 0 aromatic heterocycles. The summed E-state index contributed by atoms with van der Waals surface area (Å²) in [6.07, 6.45) is 7.49. The molecule has 2 aliphatic carbocycles. The van der Waals surface area contributed by atoms with Crippen LogP contribution >= 0.6 is 0 Å². The lowest BCUT2D eigenvalue weighted by atomic mass is 9.74. The van der Waals surface area contributed by atoms with Gasteiger partial charge in [-0.05, 0) is 63.5 Å². The number of hydrogen-bond acceptors (Lipinski definition) is 0. The zero-order valence-electron chi connectivity index (χ0n) is 10.5. The molecule has 0 aliphatic heterocycles. The standard InChI is InChI=1S/C15H22/c1-10(2)13-8-6-12(4)14-7-5-11(3)9-15(13)14/h5,12H,6-9H2,1-4H3/t12-/m0/s1. The summed E-state index contributed by atoms with van der Waals surface area (Å²) >= 11 is 0. The van der Waals surface area contributed by atoms with Crippen molar-refractivity contribution in [2.45, 2.75) is 53.4 Å². The Morgan fingerprint density at radius 2 is 2.07 bits per heavy atom. The van der Waals surface area contributed by atoms with Crippen LogP contribution < -0.4 is 0 Å². The fourth-order valence-corrected chi connectivity index (χ4v) is 2.91. The van der Waals surface area contributed by atoms with Gasteiger partial charge in [-0.2, -0.15) is 0 Å². The predicted molar refractivity (Wildman–Crippen MR) is 66.8 cm³/mol. The van der Waals surface area contributed by atoms with Crippen molar-refractivity contribution in [3.63, 3.8) is 0 Å². The molecule has 0 heteroatoms. The lowest BCUT2D eigenvalue weighted by molar-refractivity contribution is 0.560. The van der Waals surface area contributed by atoms with Crippen LogP contribution in [0.15, 0.2) is 33.9 Å². The van der Waals surface area contributed by atoms with Gasteiger partial charge in [0.25, 0.3) is 0 Å². The monoisotopic (exact) mass is 202 g/mol. The van der Waals surface area contributed by atoms with Crippen LogP contribution in [0, 0.1) is 5.92 Å². The molecule has 15 heavy (non-hydrogen) atoms. The third kappa shape index (κ3) is 1.95. The molecule has 1 atom stereocenters. The maximum atomic E-state index is 2.42. The van der Waals surface area contributed by atoms with Gasteiger partial charge < -0.3 is 0 Å². The van der Waals surface area contributed by atoms with Crippen LogP contribution in [0.5, 0.6) is 0 Å². The summed E-state index contributed by atoms with van der Waals surface area (Å²) in [5.41, 5.74) is 8.16. The molecule has 0 saturated heterocycles. The highest BCUT2D eigenvalue weighted by Crippen LogP contribution is 2.42. The van der Waals surface area contributed by atoms with Crippen LogP contribution in [-0.4, -0.2) is 0 Å². The first-order valence-electron chi connectivity index (χ1n) is 6.14. The van der Waals surface area contributed by atoms with Crippen LogP contribution in [0.1, 0.15) is 53.4 Å². The Labute approximate surface area is 93.8 Å². The molecule has 0 aromatic carbocycles. The quantitative estimate of drug-likeness (QED) is 0.495. The normalized spacial score (nSPS) is 26.3. The van der Waals surface area contributed by atoms with Crippen LogP contribution in [0.2, 0.25) is 0 Å². The molecule has 0 bridgehead atoms. The van der Waals surface area contributed by atoms with Gasteiger partial charge in [0.2, 0.25) is 0 Å². The predicted octanol–water partition coefficient (Wildman–Crippen LogP) is 4.79. The van der Waals surface area contributed by atoms with Crippen molar-refractivity contribution >= 4 is 0 Å². The highest BCUT2D eigenvalue weighted by molar-refractivity contribution is 5.46. The maximum Gasteiger partial charge on any atom is -0.00673 e. The Balaban J connectivity index is 2.42. The third-order valence-corrected chi connectivity index (χ3v) is 3.90. The molecule has 0 aromatic rings. The van der Waals surface area contributed by atoms with Gasteiger partial charge in [-0.25, -0.2) is 0 Å². The molecule has 0 saturated carbocycles. The molecule has 82 valence electrons. The van der Waals surface area contributed by atoms with Gasteiger partial charge in [-0.3, -0.25) is 0 Å². The number of allylic oxidation sites excluding steroid dienone is 6. The zero-order chi connectivity index (χ0) is 11.0. The summed E-state index contributed by atoms with van der Waals surface area (Å²) in [6, 6.07) is 0. The molecule has 0 radical (unpaired) electrons. The molecular formula is C15H22. The van der Waals surface area contributed by atoms with E-state index < -0.39 is 0 Å². The number of hydrogen-bond donors (Lipinski definition) is 0. The van der Waals surface area contributed by atoms with Crippen LogP contribution in [-0.2, 0) is 0 Å². The molecule has 0 unspecified atom stereocenters. The molecule has 2 rings (SSSR count). The minimum Gasteiger partial charge on any atom is -0.0812 e. The second-order valence-corrected chi connectivity index (χ2v) is 5.35. The van der Waals surface area contributed by atoms with E-state index in [9.17, 15) is 0 Å². The molecule has 2 aliphatic rings. The SMILES string of the molecule is CC1=CCC2=C(C1)C(=C(C)C)CC[C@@H]2C. The summed E-state index contributed by atoms with van der Waals surface area (Å²) < 4.78 is 0. The van der Waals surface area contributed by atoms with Crippen molar-refractivity contribution in [3.8, 4) is 0 Å². The highest BCUT2D eigenvalue weighted by Gasteiger charge is 2.25. The minimum absolute atomic E-state index is 0.812. The van der Waals surface area contributed by atoms with Crippen molar-refractivity contribution in [2.24, 2.45) is 5.92 Å². The lowest BCUT2D eigenvalue weighted by Gasteiger charge is -2.32. The van der Waals surface area contributed by atoms with E-state index in [1.165, 1.54) is 31.3 Å². The largest absolute Gasteiger partial charge is 0.0812 e. The smallest absolute Gasteiger partial charge is 0.00673 e. The van der Waals surface area contributed by atoms with Crippen LogP contribution in [0.4, 0.5) is 0 Å². The Hall–Kier alpha value is -0.780. The Morgan fingerprint density at radius 1 is 1.33 bits per heavy atom. The summed E-state index contributed by atoms with van der Waals surface area (Å²) in [4.78, 5) is 0. The van der Waals surface area contributed by atoms with Crippen molar-refractivity contribution in [1.29, 1.82) is 0 Å². The summed E-state index contributed by atoms with van der Waals surface area (Å²) in [6.45, 7) is 9.20. The first kappa shape index (κ1) is 10.7. The van der Waals surface area contributed by atoms with Gasteiger partial charge in [-0.15, -0.1) is 0 Å². The van der Waals surface area contributed by atoms with E-state index in [4.69, 9.17) is 0 Å². The Morgan fingerprint density at radius 3 is 2.73 bits per heavy atom. The summed E-state index contributed by atoms with van der Waals surface area (Å²) in [7, 11) is 0. The average Bonchev–Trinajstić information content (AvgIpc) is 2.17. The lowest BCUT2D eigenvalue weighted by Crippen LogP contribution is -2.15. The average molecular weight is 202 g/mol. The first-order valence-corrected chi connectivity index (χ1v) is 6.14. The molecular weight excluding hydrogens is 180 g/mol. The molecule has 0 N–H and O–H groups in total. The molecule has 0 fully saturated rings. The van der Waals surface area contributed by atoms with Gasteiger partial charge in [0, 0.05) is 0 Å². The van der Waals surface area contributed by atoms with Gasteiger partial charge >= 0.3 is 0 Å². The van der Waals surface area contributed by atoms with Crippen molar-refractivity contribution in [3.05, 3.63) is 33.9 Å². The topological polar surface area (TPSA) is 0 Å². The Kier molecular flexibility index (Phi) is 2.86. The molecule has 0 spiro atoms. The van der Waals surface area contributed by atoms with Crippen LogP contribution in [0.25, 0.3) is 0 Å². The molecule has 0 amide bonds. The summed E-state index contributed by atoms with van der Waals surface area (Å²) in [5, 5.41) is 0.